The van der Waals surface area contributed by atoms with Crippen molar-refractivity contribution in [2.45, 2.75) is 44.7 Å². The van der Waals surface area contributed by atoms with Gasteiger partial charge in [-0.25, -0.2) is 0 Å². The number of nitrogens with zero attached hydrogens (tertiary/aromatic N) is 2. The number of methoxy groups -OCH3 is 1. The molecule has 1 saturated heterocycles. The second-order valence-electron chi connectivity index (χ2n) is 7.25. The highest BCUT2D eigenvalue weighted by atomic mass is 16.5. The number of hydrogen-bond acceptors (Lipinski definition) is 3. The lowest BCUT2D eigenvalue weighted by atomic mass is 10.0. The smallest absolute Gasteiger partial charge is 0.270 e. The average Bonchev–Trinajstić information content (AvgIpc) is 3.39. The number of amides is 1. The van der Waals surface area contributed by atoms with E-state index in [1.165, 1.54) is 0 Å². The van der Waals surface area contributed by atoms with E-state index in [0.29, 0.717) is 17.8 Å². The van der Waals surface area contributed by atoms with E-state index >= 15 is 0 Å². The van der Waals surface area contributed by atoms with E-state index < -0.39 is 0 Å². The molecule has 2 heterocycles. The summed E-state index contributed by atoms with van der Waals surface area (Å²) >= 11 is 0. The van der Waals surface area contributed by atoms with Crippen LogP contribution >= 0.6 is 0 Å². The molecule has 25 heavy (non-hydrogen) atoms. The van der Waals surface area contributed by atoms with E-state index in [1.807, 2.05) is 24.3 Å². The van der Waals surface area contributed by atoms with Crippen LogP contribution in [0.5, 0.6) is 5.75 Å². The number of ether oxygens (including phenoxy) is 1. The summed E-state index contributed by atoms with van der Waals surface area (Å²) in [5.41, 5.74) is 1.66. The van der Waals surface area contributed by atoms with Crippen molar-refractivity contribution in [1.29, 1.82) is 0 Å². The molecule has 0 radical (unpaired) electrons. The van der Waals surface area contributed by atoms with Crippen LogP contribution in [0.1, 0.15) is 43.1 Å². The second kappa shape index (κ2) is 6.71. The zero-order chi connectivity index (χ0) is 17.4. The lowest BCUT2D eigenvalue weighted by Gasteiger charge is -2.38. The van der Waals surface area contributed by atoms with Gasteiger partial charge in [-0.1, -0.05) is 6.92 Å². The van der Waals surface area contributed by atoms with Gasteiger partial charge in [0.2, 0.25) is 0 Å². The number of hydrogen-bond donors (Lipinski definition) is 1. The summed E-state index contributed by atoms with van der Waals surface area (Å²) < 4.78 is 5.28. The minimum atomic E-state index is 0.160. The lowest BCUT2D eigenvalue weighted by Crippen LogP contribution is -2.48. The Labute approximate surface area is 148 Å². The van der Waals surface area contributed by atoms with Crippen molar-refractivity contribution in [2.24, 2.45) is 0 Å². The zero-order valence-electron chi connectivity index (χ0n) is 15.1. The fourth-order valence-corrected chi connectivity index (χ4v) is 3.98. The molecule has 1 N–H and O–H groups in total. The zero-order valence-corrected chi connectivity index (χ0v) is 15.1. The van der Waals surface area contributed by atoms with Crippen LogP contribution in [0.3, 0.4) is 0 Å². The minimum absolute atomic E-state index is 0.160. The normalized spacial score (nSPS) is 19.3. The molecule has 0 atom stereocenters. The number of benzene rings is 1. The second-order valence-corrected chi connectivity index (χ2v) is 7.25. The highest BCUT2D eigenvalue weighted by molar-refractivity contribution is 5.98. The van der Waals surface area contributed by atoms with Gasteiger partial charge in [-0.3, -0.25) is 4.79 Å². The van der Waals surface area contributed by atoms with Crippen molar-refractivity contribution >= 4 is 16.8 Å². The number of piperidine rings is 1. The molecule has 1 aromatic carbocycles. The van der Waals surface area contributed by atoms with E-state index in [1.54, 1.807) is 7.11 Å². The molecule has 5 heteroatoms. The first-order chi connectivity index (χ1) is 12.2. The summed E-state index contributed by atoms with van der Waals surface area (Å²) in [6, 6.07) is 8.68. The number of likely N-dealkylation sites (tertiary alicyclic amines) is 1. The fraction of sp³-hybridized carbons (Fsp3) is 0.550. The van der Waals surface area contributed by atoms with E-state index in [-0.39, 0.29) is 5.91 Å². The van der Waals surface area contributed by atoms with Crippen LogP contribution in [0, 0.1) is 0 Å². The number of H-pyrrole nitrogens is 1. The first-order valence-corrected chi connectivity index (χ1v) is 9.41. The fourth-order valence-electron chi connectivity index (χ4n) is 3.98. The first kappa shape index (κ1) is 16.5. The molecule has 0 spiro atoms. The number of carbonyl (C=O) groups excluding carboxylic acids is 1. The Morgan fingerprint density at radius 1 is 1.20 bits per heavy atom. The third kappa shape index (κ3) is 3.25. The number of nitrogens with one attached hydrogen (secondary N) is 1. The SMILES string of the molecule is CCN1CCC(N(C(=O)c2cc3ccc(OC)cc3[nH]2)C2CC2)CC1. The summed E-state index contributed by atoms with van der Waals surface area (Å²) in [4.78, 5) is 21.2. The Hall–Kier alpha value is -2.01. The molecule has 2 aromatic rings. The van der Waals surface area contributed by atoms with E-state index in [0.717, 1.165) is 62.0 Å². The van der Waals surface area contributed by atoms with E-state index in [2.05, 4.69) is 21.7 Å². The maximum absolute atomic E-state index is 13.3. The number of fused-ring (bicyclic) bond motifs is 1. The largest absolute Gasteiger partial charge is 0.497 e. The van der Waals surface area contributed by atoms with Gasteiger partial charge in [0.15, 0.2) is 0 Å². The quantitative estimate of drug-likeness (QED) is 0.908. The van der Waals surface area contributed by atoms with Crippen LogP contribution in [-0.4, -0.2) is 59.5 Å². The molecule has 2 fully saturated rings. The highest BCUT2D eigenvalue weighted by Gasteiger charge is 2.39. The third-order valence-electron chi connectivity index (χ3n) is 5.63. The average molecular weight is 341 g/mol. The topological polar surface area (TPSA) is 48.6 Å². The van der Waals surface area contributed by atoms with Crippen molar-refractivity contribution < 1.29 is 9.53 Å². The minimum Gasteiger partial charge on any atom is -0.497 e. The molecule has 4 rings (SSSR count). The molecule has 1 aliphatic heterocycles. The molecule has 1 aliphatic carbocycles. The number of rotatable bonds is 5. The van der Waals surface area contributed by atoms with E-state index in [9.17, 15) is 4.79 Å². The molecule has 5 nitrogen and oxygen atoms in total. The van der Waals surface area contributed by atoms with Crippen molar-refractivity contribution in [3.8, 4) is 5.75 Å². The summed E-state index contributed by atoms with van der Waals surface area (Å²) in [6.07, 6.45) is 4.47. The van der Waals surface area contributed by atoms with Crippen molar-refractivity contribution in [3.05, 3.63) is 30.0 Å². The Balaban J connectivity index is 1.57. The van der Waals surface area contributed by atoms with Crippen molar-refractivity contribution in [3.63, 3.8) is 0 Å². The molecule has 1 amide bonds. The van der Waals surface area contributed by atoms with Crippen LogP contribution in [0.4, 0.5) is 0 Å². The Kier molecular flexibility index (Phi) is 4.42. The van der Waals surface area contributed by atoms with Crippen LogP contribution in [0.25, 0.3) is 10.9 Å². The standard InChI is InChI=1S/C20H27N3O2/c1-3-22-10-8-16(9-11-22)23(15-5-6-15)20(24)19-12-14-4-7-17(25-2)13-18(14)21-19/h4,7,12-13,15-16,21H,3,5-6,8-11H2,1-2H3. The van der Waals surface area contributed by atoms with Gasteiger partial charge in [-0.05, 0) is 50.4 Å². The summed E-state index contributed by atoms with van der Waals surface area (Å²) in [5, 5.41) is 1.06. The van der Waals surface area contributed by atoms with Gasteiger partial charge in [-0.2, -0.15) is 0 Å². The predicted octanol–water partition coefficient (Wildman–Crippen LogP) is 3.27. The van der Waals surface area contributed by atoms with Crippen molar-refractivity contribution in [2.75, 3.05) is 26.7 Å². The number of aromatic nitrogens is 1. The Morgan fingerprint density at radius 3 is 2.56 bits per heavy atom. The molecular weight excluding hydrogens is 314 g/mol. The summed E-state index contributed by atoms with van der Waals surface area (Å²) in [5.74, 6) is 0.965. The maximum Gasteiger partial charge on any atom is 0.270 e. The summed E-state index contributed by atoms with van der Waals surface area (Å²) in [6.45, 7) is 5.51. The van der Waals surface area contributed by atoms with Gasteiger partial charge < -0.3 is 19.5 Å². The molecule has 2 aliphatic rings. The van der Waals surface area contributed by atoms with E-state index in [4.69, 9.17) is 4.74 Å². The van der Waals surface area contributed by atoms with Gasteiger partial charge in [-0.15, -0.1) is 0 Å². The van der Waals surface area contributed by atoms with Crippen LogP contribution in [-0.2, 0) is 0 Å². The highest BCUT2D eigenvalue weighted by Crippen LogP contribution is 2.33. The van der Waals surface area contributed by atoms with Crippen molar-refractivity contribution in [1.82, 2.24) is 14.8 Å². The Bertz CT molecular complexity index is 757. The maximum atomic E-state index is 13.3. The molecule has 0 bridgehead atoms. The number of aromatic amines is 1. The molecule has 1 saturated carbocycles. The van der Waals surface area contributed by atoms with Gasteiger partial charge in [0.1, 0.15) is 11.4 Å². The lowest BCUT2D eigenvalue weighted by molar-refractivity contribution is 0.0549. The predicted molar refractivity (Wildman–Crippen MR) is 99.2 cm³/mol. The molecular formula is C20H27N3O2. The number of carbonyl (C=O) groups is 1. The van der Waals surface area contributed by atoms with Gasteiger partial charge >= 0.3 is 0 Å². The third-order valence-corrected chi connectivity index (χ3v) is 5.63. The molecule has 134 valence electrons. The monoisotopic (exact) mass is 341 g/mol. The Morgan fingerprint density at radius 2 is 1.92 bits per heavy atom. The first-order valence-electron chi connectivity index (χ1n) is 9.41. The van der Waals surface area contributed by atoms with Gasteiger partial charge in [0.25, 0.3) is 5.91 Å². The van der Waals surface area contributed by atoms with Crippen LogP contribution in [0.2, 0.25) is 0 Å². The van der Waals surface area contributed by atoms with Crippen LogP contribution in [0.15, 0.2) is 24.3 Å². The van der Waals surface area contributed by atoms with Gasteiger partial charge in [0, 0.05) is 42.1 Å². The van der Waals surface area contributed by atoms with Crippen LogP contribution < -0.4 is 4.74 Å². The molecule has 1 aromatic heterocycles. The summed E-state index contributed by atoms with van der Waals surface area (Å²) in [7, 11) is 1.66. The van der Waals surface area contributed by atoms with Gasteiger partial charge in [0.05, 0.1) is 7.11 Å². The molecule has 0 unspecified atom stereocenters.